The molecule has 5 rings (SSSR count). The molecule has 142 valence electrons. The zero-order chi connectivity index (χ0) is 20.0. The average Bonchev–Trinajstić information content (AvgIpc) is 3.33. The van der Waals surface area contributed by atoms with Gasteiger partial charge in [0.15, 0.2) is 0 Å². The maximum Gasteiger partial charge on any atom is 0.140 e. The molecule has 2 aromatic heterocycles. The molecule has 29 heavy (non-hydrogen) atoms. The number of hydrogen-bond acceptors (Lipinski definition) is 1. The minimum Gasteiger partial charge on any atom is -0.360 e. The Bertz CT molecular complexity index is 1260. The van der Waals surface area contributed by atoms with E-state index >= 15 is 0 Å². The van der Waals surface area contributed by atoms with E-state index in [2.05, 4.69) is 41.8 Å². The van der Waals surface area contributed by atoms with E-state index in [-0.39, 0.29) is 5.82 Å². The second-order valence-electron chi connectivity index (χ2n) is 6.72. The molecule has 5 aromatic rings. The Morgan fingerprint density at radius 2 is 1.45 bits per heavy atom. The largest absolute Gasteiger partial charge is 0.360 e. The maximum atomic E-state index is 13.8. The molecule has 0 bridgehead atoms. The minimum atomic E-state index is -0.272. The third-order valence-electron chi connectivity index (χ3n) is 4.85. The molecule has 0 aliphatic heterocycles. The summed E-state index contributed by atoms with van der Waals surface area (Å²) in [4.78, 5) is 11.6. The number of rotatable bonds is 3. The van der Waals surface area contributed by atoms with Gasteiger partial charge in [-0.2, -0.15) is 0 Å². The van der Waals surface area contributed by atoms with Crippen molar-refractivity contribution in [1.29, 1.82) is 0 Å². The van der Waals surface area contributed by atoms with Crippen LogP contribution >= 0.6 is 31.9 Å². The van der Waals surface area contributed by atoms with Crippen molar-refractivity contribution < 1.29 is 4.39 Å². The van der Waals surface area contributed by atoms with Crippen molar-refractivity contribution in [3.63, 3.8) is 0 Å². The van der Waals surface area contributed by atoms with Gasteiger partial charge in [0, 0.05) is 42.7 Å². The summed E-state index contributed by atoms with van der Waals surface area (Å²) in [5.74, 6) is 0.420. The predicted octanol–water partition coefficient (Wildman–Crippen LogP) is 7.56. The highest BCUT2D eigenvalue weighted by Gasteiger charge is 2.17. The Morgan fingerprint density at radius 3 is 2.14 bits per heavy atom. The van der Waals surface area contributed by atoms with Crippen LogP contribution in [0, 0.1) is 5.82 Å². The smallest absolute Gasteiger partial charge is 0.140 e. The highest BCUT2D eigenvalue weighted by Crippen LogP contribution is 2.36. The molecule has 0 atom stereocenters. The Balaban J connectivity index is 1.73. The lowest BCUT2D eigenvalue weighted by Crippen LogP contribution is -1.83. The molecule has 0 saturated heterocycles. The van der Waals surface area contributed by atoms with Gasteiger partial charge in [-0.1, -0.05) is 56.1 Å². The predicted molar refractivity (Wildman–Crippen MR) is 122 cm³/mol. The first kappa shape index (κ1) is 18.3. The molecular weight excluding hydrogens is 497 g/mol. The standard InChI is InChI=1S/C23H14Br2FN3/c24-15-5-1-13(2-6-15)21-22(14-3-7-16(25)8-4-14)29-23(28-21)19-12-27-20-10-9-17(26)11-18(19)20/h1-12,27H,(H,28,29). The summed E-state index contributed by atoms with van der Waals surface area (Å²) in [5.41, 5.74) is 5.49. The van der Waals surface area contributed by atoms with Crippen molar-refractivity contribution in [2.75, 3.05) is 0 Å². The summed E-state index contributed by atoms with van der Waals surface area (Å²) in [5, 5.41) is 0.795. The van der Waals surface area contributed by atoms with Crippen LogP contribution in [0.3, 0.4) is 0 Å². The molecule has 0 spiro atoms. The second kappa shape index (κ2) is 7.28. The molecule has 0 radical (unpaired) electrons. The number of aromatic nitrogens is 3. The molecule has 0 aliphatic carbocycles. The van der Waals surface area contributed by atoms with E-state index in [1.54, 1.807) is 6.07 Å². The third-order valence-corrected chi connectivity index (χ3v) is 5.91. The van der Waals surface area contributed by atoms with Crippen LogP contribution in [-0.2, 0) is 0 Å². The molecule has 2 N–H and O–H groups in total. The monoisotopic (exact) mass is 509 g/mol. The minimum absolute atomic E-state index is 0.272. The number of hydrogen-bond donors (Lipinski definition) is 2. The lowest BCUT2D eigenvalue weighted by atomic mass is 10.1. The highest BCUT2D eigenvalue weighted by atomic mass is 79.9. The van der Waals surface area contributed by atoms with Crippen LogP contribution in [-0.4, -0.2) is 15.0 Å². The van der Waals surface area contributed by atoms with Gasteiger partial charge in [0.1, 0.15) is 11.6 Å². The van der Waals surface area contributed by atoms with Crippen LogP contribution in [0.1, 0.15) is 0 Å². The molecule has 0 saturated carbocycles. The van der Waals surface area contributed by atoms with Crippen LogP contribution in [0.5, 0.6) is 0 Å². The van der Waals surface area contributed by atoms with Crippen LogP contribution in [0.2, 0.25) is 0 Å². The summed E-state index contributed by atoms with van der Waals surface area (Å²) in [6.07, 6.45) is 1.86. The van der Waals surface area contributed by atoms with Crippen LogP contribution in [0.15, 0.2) is 81.9 Å². The number of benzene rings is 3. The van der Waals surface area contributed by atoms with Gasteiger partial charge in [-0.05, 0) is 42.5 Å². The zero-order valence-electron chi connectivity index (χ0n) is 15.0. The average molecular weight is 511 g/mol. The third kappa shape index (κ3) is 3.43. The molecule has 3 aromatic carbocycles. The molecular formula is C23H14Br2FN3. The van der Waals surface area contributed by atoms with Crippen molar-refractivity contribution in [3.8, 4) is 33.9 Å². The number of halogens is 3. The van der Waals surface area contributed by atoms with E-state index in [0.29, 0.717) is 5.82 Å². The van der Waals surface area contributed by atoms with Gasteiger partial charge in [0.2, 0.25) is 0 Å². The lowest BCUT2D eigenvalue weighted by molar-refractivity contribution is 0.630. The summed E-state index contributed by atoms with van der Waals surface area (Å²) in [7, 11) is 0. The molecule has 2 heterocycles. The number of H-pyrrole nitrogens is 2. The van der Waals surface area contributed by atoms with Gasteiger partial charge in [0.05, 0.1) is 11.4 Å². The van der Waals surface area contributed by atoms with E-state index in [1.165, 1.54) is 12.1 Å². The Morgan fingerprint density at radius 1 is 0.793 bits per heavy atom. The van der Waals surface area contributed by atoms with Gasteiger partial charge in [-0.15, -0.1) is 0 Å². The SMILES string of the molecule is Fc1ccc2[nH]cc(-c3nc(-c4ccc(Br)cc4)c(-c4ccc(Br)cc4)[nH]3)c2c1. The first-order valence-electron chi connectivity index (χ1n) is 8.97. The van der Waals surface area contributed by atoms with Gasteiger partial charge in [-0.25, -0.2) is 9.37 Å². The molecule has 0 aliphatic rings. The van der Waals surface area contributed by atoms with E-state index < -0.39 is 0 Å². The first-order chi connectivity index (χ1) is 14.1. The number of fused-ring (bicyclic) bond motifs is 1. The van der Waals surface area contributed by atoms with Crippen molar-refractivity contribution in [2.45, 2.75) is 0 Å². The highest BCUT2D eigenvalue weighted by molar-refractivity contribution is 9.10. The van der Waals surface area contributed by atoms with Crippen molar-refractivity contribution in [3.05, 3.63) is 87.7 Å². The quantitative estimate of drug-likeness (QED) is 0.258. The number of nitrogens with zero attached hydrogens (tertiary/aromatic N) is 1. The first-order valence-corrected chi connectivity index (χ1v) is 10.6. The summed E-state index contributed by atoms with van der Waals surface area (Å²) >= 11 is 6.98. The Hall–Kier alpha value is -2.70. The Kier molecular flexibility index (Phi) is 4.60. The topological polar surface area (TPSA) is 44.5 Å². The van der Waals surface area contributed by atoms with Gasteiger partial charge in [0.25, 0.3) is 0 Å². The van der Waals surface area contributed by atoms with Crippen molar-refractivity contribution >= 4 is 42.8 Å². The second-order valence-corrected chi connectivity index (χ2v) is 8.55. The van der Waals surface area contributed by atoms with Gasteiger partial charge >= 0.3 is 0 Å². The molecule has 0 amide bonds. The fraction of sp³-hybridized carbons (Fsp3) is 0. The fourth-order valence-corrected chi connectivity index (χ4v) is 3.96. The number of imidazole rings is 1. The maximum absolute atomic E-state index is 13.8. The fourth-order valence-electron chi connectivity index (χ4n) is 3.43. The molecule has 0 fully saturated rings. The van der Waals surface area contributed by atoms with Gasteiger partial charge < -0.3 is 9.97 Å². The molecule has 0 unspecified atom stereocenters. The normalized spacial score (nSPS) is 11.3. The van der Waals surface area contributed by atoms with Crippen LogP contribution in [0.25, 0.3) is 44.8 Å². The summed E-state index contributed by atoms with van der Waals surface area (Å²) in [6.45, 7) is 0. The Labute approximate surface area is 183 Å². The van der Waals surface area contributed by atoms with E-state index in [1.807, 2.05) is 54.7 Å². The van der Waals surface area contributed by atoms with E-state index in [4.69, 9.17) is 4.98 Å². The van der Waals surface area contributed by atoms with Crippen LogP contribution in [0.4, 0.5) is 4.39 Å². The summed E-state index contributed by atoms with van der Waals surface area (Å²) in [6, 6.07) is 20.9. The lowest BCUT2D eigenvalue weighted by Gasteiger charge is -2.04. The summed E-state index contributed by atoms with van der Waals surface area (Å²) < 4.78 is 15.9. The van der Waals surface area contributed by atoms with E-state index in [9.17, 15) is 4.39 Å². The zero-order valence-corrected chi connectivity index (χ0v) is 18.2. The number of nitrogens with one attached hydrogen (secondary N) is 2. The number of aromatic amines is 2. The molecule has 3 nitrogen and oxygen atoms in total. The van der Waals surface area contributed by atoms with Crippen molar-refractivity contribution in [2.24, 2.45) is 0 Å². The van der Waals surface area contributed by atoms with E-state index in [0.717, 1.165) is 47.9 Å². The van der Waals surface area contributed by atoms with Gasteiger partial charge in [-0.3, -0.25) is 0 Å². The van der Waals surface area contributed by atoms with Crippen molar-refractivity contribution in [1.82, 2.24) is 15.0 Å². The van der Waals surface area contributed by atoms with Crippen LogP contribution < -0.4 is 0 Å². The molecule has 6 heteroatoms.